The Morgan fingerprint density at radius 2 is 1.87 bits per heavy atom. The molecule has 2 heterocycles. The summed E-state index contributed by atoms with van der Waals surface area (Å²) in [6, 6.07) is 10.9. The van der Waals surface area contributed by atoms with Crippen molar-refractivity contribution in [3.8, 4) is 11.3 Å². The van der Waals surface area contributed by atoms with Crippen LogP contribution in [-0.4, -0.2) is 24.2 Å². The molecular formula is C23H29ClFN3OSSi. The lowest BCUT2D eigenvalue weighted by Gasteiger charge is -2.39. The maximum absolute atomic E-state index is 14.2. The maximum Gasteiger partial charge on any atom is 0.192 e. The first-order valence-electron chi connectivity index (χ1n) is 10.3. The van der Waals surface area contributed by atoms with Crippen LogP contribution in [0, 0.1) is 5.82 Å². The molecule has 8 heteroatoms. The molecule has 0 saturated heterocycles. The Kier molecular flexibility index (Phi) is 7.52. The highest BCUT2D eigenvalue weighted by molar-refractivity contribution is 7.10. The Hall–Kier alpha value is -1.80. The second-order valence-electron chi connectivity index (χ2n) is 9.07. The smallest absolute Gasteiger partial charge is 0.192 e. The minimum Gasteiger partial charge on any atom is -0.410 e. The van der Waals surface area contributed by atoms with Gasteiger partial charge in [-0.1, -0.05) is 38.4 Å². The van der Waals surface area contributed by atoms with Crippen molar-refractivity contribution in [1.29, 1.82) is 0 Å². The third-order valence-corrected chi connectivity index (χ3v) is 11.3. The average molecular weight is 478 g/mol. The minimum atomic E-state index is -2.05. The fourth-order valence-corrected chi connectivity index (χ4v) is 5.00. The molecule has 0 aliphatic carbocycles. The molecule has 31 heavy (non-hydrogen) atoms. The van der Waals surface area contributed by atoms with E-state index in [-0.39, 0.29) is 16.2 Å². The predicted molar refractivity (Wildman–Crippen MR) is 131 cm³/mol. The third-order valence-electron chi connectivity index (χ3n) is 5.75. The monoisotopic (exact) mass is 477 g/mol. The molecule has 1 unspecified atom stereocenters. The second-order valence-corrected chi connectivity index (χ2v) is 15.0. The van der Waals surface area contributed by atoms with Crippen LogP contribution in [0.3, 0.4) is 0 Å². The van der Waals surface area contributed by atoms with E-state index in [1.54, 1.807) is 18.5 Å². The van der Waals surface area contributed by atoms with Crippen LogP contribution in [0.1, 0.15) is 38.9 Å². The van der Waals surface area contributed by atoms with Gasteiger partial charge in [-0.2, -0.15) is 4.37 Å². The van der Waals surface area contributed by atoms with Gasteiger partial charge in [0.1, 0.15) is 10.8 Å². The lowest BCUT2D eigenvalue weighted by atomic mass is 10.1. The Bertz CT molecular complexity index is 1010. The first kappa shape index (κ1) is 23.9. The summed E-state index contributed by atoms with van der Waals surface area (Å²) in [5.74, 6) is -0.416. The van der Waals surface area contributed by atoms with Crippen molar-refractivity contribution >= 4 is 36.5 Å². The molecule has 0 amide bonds. The van der Waals surface area contributed by atoms with Crippen molar-refractivity contribution < 1.29 is 8.82 Å². The fourth-order valence-electron chi connectivity index (χ4n) is 2.88. The molecule has 1 aromatic carbocycles. The zero-order chi connectivity index (χ0) is 22.6. The Balaban J connectivity index is 1.71. The SMILES string of the molecule is CC(C)(C)[Si](C)(C)OC(CCNc1cc(-c2ccncc2)ns1)c1ccc(Cl)c(F)c1. The van der Waals surface area contributed by atoms with Crippen molar-refractivity contribution in [3.05, 3.63) is 65.2 Å². The van der Waals surface area contributed by atoms with Gasteiger partial charge in [-0.15, -0.1) is 0 Å². The summed E-state index contributed by atoms with van der Waals surface area (Å²) in [4.78, 5) is 4.05. The van der Waals surface area contributed by atoms with E-state index in [1.165, 1.54) is 17.6 Å². The molecule has 166 valence electrons. The lowest BCUT2D eigenvalue weighted by Crippen LogP contribution is -2.42. The van der Waals surface area contributed by atoms with Crippen molar-refractivity contribution in [2.45, 2.75) is 51.4 Å². The van der Waals surface area contributed by atoms with Crippen molar-refractivity contribution in [1.82, 2.24) is 9.36 Å². The largest absolute Gasteiger partial charge is 0.410 e. The van der Waals surface area contributed by atoms with Crippen molar-refractivity contribution in [2.24, 2.45) is 0 Å². The zero-order valence-corrected chi connectivity index (χ0v) is 21.1. The standard InChI is InChI=1S/C23H29ClFN3OSSi/c1-23(2,3)31(4,5)29-21(17-6-7-18(24)19(25)14-17)10-13-27-22-15-20(28-30-22)16-8-11-26-12-9-16/h6-9,11-12,14-15,21,27H,10,13H2,1-5H3. The van der Waals surface area contributed by atoms with E-state index < -0.39 is 14.1 Å². The van der Waals surface area contributed by atoms with Crippen LogP contribution in [0.4, 0.5) is 9.39 Å². The molecule has 3 aromatic rings. The first-order chi connectivity index (χ1) is 14.6. The van der Waals surface area contributed by atoms with E-state index in [2.05, 4.69) is 48.5 Å². The summed E-state index contributed by atoms with van der Waals surface area (Å²) in [6.07, 6.45) is 4.01. The number of nitrogens with one attached hydrogen (secondary N) is 1. The molecule has 0 bridgehead atoms. The average Bonchev–Trinajstić information content (AvgIpc) is 3.18. The van der Waals surface area contributed by atoms with Crippen LogP contribution in [0.5, 0.6) is 0 Å². The number of nitrogens with zero attached hydrogens (tertiary/aromatic N) is 2. The number of aromatic nitrogens is 2. The van der Waals surface area contributed by atoms with E-state index in [9.17, 15) is 4.39 Å². The van der Waals surface area contributed by atoms with E-state index in [0.29, 0.717) is 13.0 Å². The topological polar surface area (TPSA) is 47.0 Å². The highest BCUT2D eigenvalue weighted by Gasteiger charge is 2.39. The molecule has 4 nitrogen and oxygen atoms in total. The van der Waals surface area contributed by atoms with Gasteiger partial charge in [0, 0.05) is 30.6 Å². The molecule has 3 rings (SSSR count). The second kappa shape index (κ2) is 9.77. The summed E-state index contributed by atoms with van der Waals surface area (Å²) in [5, 5.41) is 4.61. The van der Waals surface area contributed by atoms with Gasteiger partial charge in [0.15, 0.2) is 8.32 Å². The van der Waals surface area contributed by atoms with Crippen LogP contribution in [0.15, 0.2) is 48.8 Å². The van der Waals surface area contributed by atoms with Crippen LogP contribution in [-0.2, 0) is 4.43 Å². The number of benzene rings is 1. The zero-order valence-electron chi connectivity index (χ0n) is 18.6. The van der Waals surface area contributed by atoms with E-state index in [0.717, 1.165) is 21.8 Å². The summed E-state index contributed by atoms with van der Waals surface area (Å²) in [6.45, 7) is 11.7. The molecule has 0 aliphatic heterocycles. The van der Waals surface area contributed by atoms with Crippen molar-refractivity contribution in [2.75, 3.05) is 11.9 Å². The maximum atomic E-state index is 14.2. The van der Waals surface area contributed by atoms with Crippen LogP contribution >= 0.6 is 23.1 Å². The molecule has 0 fully saturated rings. The molecule has 0 saturated carbocycles. The normalized spacial score (nSPS) is 13.3. The van der Waals surface area contributed by atoms with Gasteiger partial charge in [-0.3, -0.25) is 4.98 Å². The lowest BCUT2D eigenvalue weighted by molar-refractivity contribution is 0.177. The van der Waals surface area contributed by atoms with Gasteiger partial charge >= 0.3 is 0 Å². The fraction of sp³-hybridized carbons (Fsp3) is 0.391. The Morgan fingerprint density at radius 1 is 1.16 bits per heavy atom. The van der Waals surface area contributed by atoms with Crippen LogP contribution in [0.25, 0.3) is 11.3 Å². The molecule has 0 aliphatic rings. The number of hydrogen-bond donors (Lipinski definition) is 1. The van der Waals surface area contributed by atoms with Crippen LogP contribution in [0.2, 0.25) is 23.2 Å². The Labute approximate surface area is 194 Å². The first-order valence-corrected chi connectivity index (χ1v) is 14.4. The summed E-state index contributed by atoms with van der Waals surface area (Å²) in [5.41, 5.74) is 2.77. The van der Waals surface area contributed by atoms with E-state index in [4.69, 9.17) is 16.0 Å². The molecule has 1 N–H and O–H groups in total. The Morgan fingerprint density at radius 3 is 2.52 bits per heavy atom. The summed E-state index contributed by atoms with van der Waals surface area (Å²) in [7, 11) is -2.05. The number of rotatable bonds is 8. The highest BCUT2D eigenvalue weighted by atomic mass is 35.5. The molecular weight excluding hydrogens is 449 g/mol. The molecule has 2 aromatic heterocycles. The third kappa shape index (κ3) is 6.13. The number of anilines is 1. The van der Waals surface area contributed by atoms with Gasteiger partial charge in [0.25, 0.3) is 0 Å². The van der Waals surface area contributed by atoms with Gasteiger partial charge < -0.3 is 9.74 Å². The van der Waals surface area contributed by atoms with Crippen molar-refractivity contribution in [3.63, 3.8) is 0 Å². The molecule has 1 atom stereocenters. The van der Waals surface area contributed by atoms with Crippen LogP contribution < -0.4 is 5.32 Å². The highest BCUT2D eigenvalue weighted by Crippen LogP contribution is 2.41. The predicted octanol–water partition coefficient (Wildman–Crippen LogP) is 7.56. The number of pyridine rings is 1. The quantitative estimate of drug-likeness (QED) is 0.340. The summed E-state index contributed by atoms with van der Waals surface area (Å²) >= 11 is 7.32. The number of hydrogen-bond acceptors (Lipinski definition) is 5. The summed E-state index contributed by atoms with van der Waals surface area (Å²) < 4.78 is 25.3. The van der Waals surface area contributed by atoms with Gasteiger partial charge in [-0.05, 0) is 65.9 Å². The molecule has 0 spiro atoms. The van der Waals surface area contributed by atoms with E-state index in [1.807, 2.05) is 24.3 Å². The molecule has 0 radical (unpaired) electrons. The van der Waals surface area contributed by atoms with Gasteiger partial charge in [0.05, 0.1) is 16.8 Å². The number of halogens is 2. The van der Waals surface area contributed by atoms with Gasteiger partial charge in [-0.25, -0.2) is 4.39 Å². The van der Waals surface area contributed by atoms with Gasteiger partial charge in [0.2, 0.25) is 0 Å². The van der Waals surface area contributed by atoms with E-state index >= 15 is 0 Å². The minimum absolute atomic E-state index is 0.0563.